The largest absolute Gasteiger partial charge is 0.454 e. The Hall–Kier alpha value is -5.86. The number of piperidine rings is 2. The van der Waals surface area contributed by atoms with Gasteiger partial charge in [0.2, 0.25) is 12.7 Å². The lowest BCUT2D eigenvalue weighted by molar-refractivity contribution is -0.142. The maximum atomic E-state index is 14.3. The second-order valence-corrected chi connectivity index (χ2v) is 16.0. The number of likely N-dealkylation sites (tertiary alicyclic amines) is 2. The van der Waals surface area contributed by atoms with E-state index in [0.717, 1.165) is 27.5 Å². The van der Waals surface area contributed by atoms with E-state index < -0.39 is 5.60 Å². The molecule has 2 atom stereocenters. The molecule has 14 heteroatoms. The Morgan fingerprint density at radius 2 is 1.75 bits per heavy atom. The van der Waals surface area contributed by atoms with Crippen LogP contribution in [0.15, 0.2) is 90.2 Å². The molecule has 3 aliphatic heterocycles. The van der Waals surface area contributed by atoms with Crippen LogP contribution < -0.4 is 15.0 Å². The standard InChI is InChI=1S/C42H41N7O6S/c1-26-8-9-29(21-43-26)38-45-27(2)36(56-38)41(52)47-16-12-31(33(22-47)28-6-4-3-5-7-28)39(50)46-18-14-42(53,15-19-46)23-48-24-44-37-32(40(48)51)13-17-49(37)30-10-11-34-35(20-30)55-25-54-34/h3-11,13,17,20-21,24,31,33,53H,12,14-16,18-19,22-23,25H2,1-2H3/t31-,33+/m1/s1. The van der Waals surface area contributed by atoms with Crippen LogP contribution in [0.25, 0.3) is 27.3 Å². The van der Waals surface area contributed by atoms with Gasteiger partial charge in [-0.2, -0.15) is 0 Å². The number of amides is 2. The number of aliphatic hydroxyl groups is 1. The number of rotatable bonds is 7. The molecule has 0 spiro atoms. The van der Waals surface area contributed by atoms with Gasteiger partial charge in [0.05, 0.1) is 28.9 Å². The van der Waals surface area contributed by atoms with E-state index in [1.165, 1.54) is 22.2 Å². The lowest BCUT2D eigenvalue weighted by Gasteiger charge is -2.43. The van der Waals surface area contributed by atoms with E-state index in [2.05, 4.69) is 9.97 Å². The molecule has 2 amide bonds. The van der Waals surface area contributed by atoms with Gasteiger partial charge < -0.3 is 28.9 Å². The maximum Gasteiger partial charge on any atom is 0.265 e. The summed E-state index contributed by atoms with van der Waals surface area (Å²) < 4.78 is 14.2. The van der Waals surface area contributed by atoms with Gasteiger partial charge in [0.1, 0.15) is 16.2 Å². The number of carbonyl (C=O) groups excluding carboxylic acids is 2. The Balaban J connectivity index is 0.878. The highest BCUT2D eigenvalue weighted by Gasteiger charge is 2.42. The first-order valence-electron chi connectivity index (χ1n) is 18.9. The Kier molecular flexibility index (Phi) is 9.17. The van der Waals surface area contributed by atoms with Gasteiger partial charge >= 0.3 is 0 Å². The zero-order valence-electron chi connectivity index (χ0n) is 31.1. The summed E-state index contributed by atoms with van der Waals surface area (Å²) in [7, 11) is 0. The lowest BCUT2D eigenvalue weighted by Crippen LogP contribution is -2.53. The van der Waals surface area contributed by atoms with E-state index in [1.54, 1.807) is 18.5 Å². The van der Waals surface area contributed by atoms with Gasteiger partial charge in [0, 0.05) is 67.7 Å². The van der Waals surface area contributed by atoms with E-state index in [9.17, 15) is 19.5 Å². The van der Waals surface area contributed by atoms with Crippen molar-refractivity contribution in [2.75, 3.05) is 33.0 Å². The number of benzene rings is 2. The van der Waals surface area contributed by atoms with Crippen molar-refractivity contribution in [3.63, 3.8) is 0 Å². The van der Waals surface area contributed by atoms with Crippen molar-refractivity contribution in [1.82, 2.24) is 33.9 Å². The summed E-state index contributed by atoms with van der Waals surface area (Å²) >= 11 is 1.38. The smallest absolute Gasteiger partial charge is 0.265 e. The molecule has 13 nitrogen and oxygen atoms in total. The van der Waals surface area contributed by atoms with E-state index in [0.29, 0.717) is 78.5 Å². The molecule has 0 bridgehead atoms. The average Bonchev–Trinajstić information content (AvgIpc) is 3.98. The quantitative estimate of drug-likeness (QED) is 0.227. The van der Waals surface area contributed by atoms with Gasteiger partial charge in [-0.05, 0) is 69.0 Å². The van der Waals surface area contributed by atoms with Gasteiger partial charge in [-0.1, -0.05) is 30.3 Å². The van der Waals surface area contributed by atoms with Crippen molar-refractivity contribution in [2.24, 2.45) is 5.92 Å². The van der Waals surface area contributed by atoms with Crippen molar-refractivity contribution < 1.29 is 24.2 Å². The minimum absolute atomic E-state index is 0.0289. The monoisotopic (exact) mass is 771 g/mol. The molecule has 2 aromatic carbocycles. The molecule has 6 aromatic rings. The highest BCUT2D eigenvalue weighted by atomic mass is 32.1. The predicted octanol–water partition coefficient (Wildman–Crippen LogP) is 5.35. The van der Waals surface area contributed by atoms with Crippen molar-refractivity contribution >= 4 is 34.2 Å². The van der Waals surface area contributed by atoms with Gasteiger partial charge in [-0.3, -0.25) is 23.9 Å². The van der Waals surface area contributed by atoms with Crippen molar-refractivity contribution in [1.29, 1.82) is 0 Å². The first-order valence-corrected chi connectivity index (χ1v) is 19.7. The summed E-state index contributed by atoms with van der Waals surface area (Å²) in [4.78, 5) is 60.0. The van der Waals surface area contributed by atoms with Crippen LogP contribution in [0.5, 0.6) is 11.5 Å². The number of hydrogen-bond donors (Lipinski definition) is 1. The molecule has 0 aliphatic carbocycles. The Morgan fingerprint density at radius 3 is 2.54 bits per heavy atom. The van der Waals surface area contributed by atoms with Crippen LogP contribution in [-0.4, -0.2) is 89.4 Å². The zero-order valence-corrected chi connectivity index (χ0v) is 31.9. The van der Waals surface area contributed by atoms with Gasteiger partial charge in [0.15, 0.2) is 17.1 Å². The number of ether oxygens (including phenoxy) is 2. The van der Waals surface area contributed by atoms with Gasteiger partial charge in [-0.15, -0.1) is 11.3 Å². The number of fused-ring (bicyclic) bond motifs is 2. The molecule has 286 valence electrons. The lowest BCUT2D eigenvalue weighted by atomic mass is 9.79. The molecule has 1 N–H and O–H groups in total. The third-order valence-corrected chi connectivity index (χ3v) is 12.6. The second-order valence-electron chi connectivity index (χ2n) is 15.0. The summed E-state index contributed by atoms with van der Waals surface area (Å²) in [5, 5.41) is 12.9. The summed E-state index contributed by atoms with van der Waals surface area (Å²) in [5.74, 6) is 0.734. The number of aryl methyl sites for hydroxylation is 2. The number of aromatic nitrogens is 5. The third-order valence-electron chi connectivity index (χ3n) is 11.4. The molecule has 4 aromatic heterocycles. The summed E-state index contributed by atoms with van der Waals surface area (Å²) in [6.45, 7) is 5.60. The molecule has 7 heterocycles. The van der Waals surface area contributed by atoms with E-state index in [4.69, 9.17) is 14.5 Å². The number of pyridine rings is 1. The first-order chi connectivity index (χ1) is 27.1. The van der Waals surface area contributed by atoms with Crippen molar-refractivity contribution in [3.8, 4) is 27.8 Å². The molecular weight excluding hydrogens is 731 g/mol. The average molecular weight is 772 g/mol. The second kappa shape index (κ2) is 14.3. The van der Waals surface area contributed by atoms with E-state index in [-0.39, 0.29) is 42.5 Å². The van der Waals surface area contributed by atoms with Crippen LogP contribution in [0.1, 0.15) is 51.8 Å². The zero-order chi connectivity index (χ0) is 38.6. The van der Waals surface area contributed by atoms with Crippen LogP contribution in [0.4, 0.5) is 0 Å². The molecule has 3 aliphatic rings. The minimum atomic E-state index is -1.19. The van der Waals surface area contributed by atoms with Crippen molar-refractivity contribution in [2.45, 2.75) is 51.2 Å². The van der Waals surface area contributed by atoms with Crippen LogP contribution in [0.2, 0.25) is 0 Å². The summed E-state index contributed by atoms with van der Waals surface area (Å²) in [6, 6.07) is 21.1. The number of thiazole rings is 1. The topological polar surface area (TPSA) is 145 Å². The molecule has 9 rings (SSSR count). The fourth-order valence-corrected chi connectivity index (χ4v) is 9.21. The molecule has 2 saturated heterocycles. The molecule has 0 unspecified atom stereocenters. The number of nitrogens with zero attached hydrogens (tertiary/aromatic N) is 7. The fourth-order valence-electron chi connectivity index (χ4n) is 8.19. The fraction of sp³-hybridized carbons (Fsp3) is 0.333. The summed E-state index contributed by atoms with van der Waals surface area (Å²) in [6.07, 6.45) is 6.21. The van der Waals surface area contributed by atoms with Gasteiger partial charge in [-0.25, -0.2) is 9.97 Å². The van der Waals surface area contributed by atoms with Crippen LogP contribution >= 0.6 is 11.3 Å². The number of hydrogen-bond acceptors (Lipinski definition) is 10. The molecule has 0 saturated carbocycles. The Labute approximate surface area is 326 Å². The van der Waals surface area contributed by atoms with Gasteiger partial charge in [0.25, 0.3) is 11.5 Å². The molecule has 56 heavy (non-hydrogen) atoms. The van der Waals surface area contributed by atoms with Crippen molar-refractivity contribution in [3.05, 3.63) is 118 Å². The minimum Gasteiger partial charge on any atom is -0.454 e. The Bertz CT molecular complexity index is 2500. The first kappa shape index (κ1) is 35.8. The van der Waals surface area contributed by atoms with Crippen LogP contribution in [0.3, 0.4) is 0 Å². The normalized spacial score (nSPS) is 19.1. The molecular formula is C42H41N7O6S. The summed E-state index contributed by atoms with van der Waals surface area (Å²) in [5.41, 5.74) is 3.34. The highest BCUT2D eigenvalue weighted by molar-refractivity contribution is 7.17. The van der Waals surface area contributed by atoms with E-state index >= 15 is 0 Å². The molecule has 0 radical (unpaired) electrons. The highest BCUT2D eigenvalue weighted by Crippen LogP contribution is 2.38. The number of carbonyl (C=O) groups is 2. The predicted molar refractivity (Wildman–Crippen MR) is 210 cm³/mol. The maximum absolute atomic E-state index is 14.3. The Morgan fingerprint density at radius 1 is 0.946 bits per heavy atom. The van der Waals surface area contributed by atoms with Crippen LogP contribution in [-0.2, 0) is 11.3 Å². The van der Waals surface area contributed by atoms with Crippen LogP contribution in [0, 0.1) is 19.8 Å². The SMILES string of the molecule is Cc1ccc(-c2nc(C)c(C(=O)N3CC[C@@H](C(=O)N4CCC(O)(Cn5cnc6c(ccn6-c6ccc7c(c6)OCO7)c5=O)CC4)[C@H](c4ccccc4)C3)s2)cn1. The van der Waals surface area contributed by atoms with E-state index in [1.807, 2.05) is 88.9 Å². The third kappa shape index (κ3) is 6.62. The molecule has 2 fully saturated rings.